The minimum absolute atomic E-state index is 0.00420. The van der Waals surface area contributed by atoms with E-state index in [-0.39, 0.29) is 24.5 Å². The van der Waals surface area contributed by atoms with Crippen LogP contribution in [-0.4, -0.2) is 38.3 Å². The van der Waals surface area contributed by atoms with Gasteiger partial charge in [0.05, 0.1) is 11.5 Å². The van der Waals surface area contributed by atoms with E-state index >= 15 is 0 Å². The highest BCUT2D eigenvalue weighted by Crippen LogP contribution is 2.36. The normalized spacial score (nSPS) is 20.3. The average molecular weight is 441 g/mol. The van der Waals surface area contributed by atoms with Gasteiger partial charge in [-0.15, -0.1) is 0 Å². The van der Waals surface area contributed by atoms with E-state index in [4.69, 9.17) is 22.1 Å². The monoisotopic (exact) mass is 440 g/mol. The van der Waals surface area contributed by atoms with Crippen LogP contribution in [0.25, 0.3) is 0 Å². The summed E-state index contributed by atoms with van der Waals surface area (Å²) in [5.41, 5.74) is 4.69. The lowest BCUT2D eigenvalue weighted by atomic mass is 9.78. The van der Waals surface area contributed by atoms with Gasteiger partial charge in [0, 0.05) is 29.9 Å². The van der Waals surface area contributed by atoms with Gasteiger partial charge in [-0.2, -0.15) is 4.31 Å². The number of primary amides is 1. The molecule has 0 aliphatic carbocycles. The predicted octanol–water partition coefficient (Wildman–Crippen LogP) is 3.20. The summed E-state index contributed by atoms with van der Waals surface area (Å²) in [5, 5.41) is 0.510. The number of sulfonamides is 1. The zero-order valence-corrected chi connectivity index (χ0v) is 17.3. The molecular weight excluding hydrogens is 419 g/mol. The number of nitrogens with two attached hydrogens (primary N) is 1. The van der Waals surface area contributed by atoms with E-state index in [0.717, 1.165) is 12.1 Å². The molecule has 0 unspecified atom stereocenters. The van der Waals surface area contributed by atoms with E-state index in [1.165, 1.54) is 16.4 Å². The van der Waals surface area contributed by atoms with Crippen LogP contribution < -0.4 is 10.5 Å². The first-order chi connectivity index (χ1) is 13.7. The highest BCUT2D eigenvalue weighted by atomic mass is 35.5. The third-order valence-electron chi connectivity index (χ3n) is 4.97. The van der Waals surface area contributed by atoms with Gasteiger partial charge in [0.1, 0.15) is 11.6 Å². The minimum atomic E-state index is -3.84. The molecule has 2 aromatic rings. The first-order valence-corrected chi connectivity index (χ1v) is 10.9. The van der Waals surface area contributed by atoms with E-state index in [9.17, 15) is 17.6 Å². The summed E-state index contributed by atoms with van der Waals surface area (Å²) < 4.78 is 46.4. The van der Waals surface area contributed by atoms with Gasteiger partial charge >= 0.3 is 0 Å². The van der Waals surface area contributed by atoms with Gasteiger partial charge in [0.15, 0.2) is 0 Å². The summed E-state index contributed by atoms with van der Waals surface area (Å²) in [6, 6.07) is 11.5. The molecule has 1 aliphatic rings. The largest absolute Gasteiger partial charge is 0.493 e. The molecule has 9 heteroatoms. The number of ether oxygens (including phenoxy) is 1. The maximum Gasteiger partial charge on any atom is 0.243 e. The zero-order valence-electron chi connectivity index (χ0n) is 15.7. The van der Waals surface area contributed by atoms with Crippen LogP contribution in [-0.2, 0) is 14.8 Å². The second-order valence-electron chi connectivity index (χ2n) is 7.29. The smallest absolute Gasteiger partial charge is 0.243 e. The molecule has 1 heterocycles. The Morgan fingerprint density at radius 2 is 1.97 bits per heavy atom. The van der Waals surface area contributed by atoms with E-state index in [1.54, 1.807) is 24.3 Å². The molecule has 1 amide bonds. The second-order valence-corrected chi connectivity index (χ2v) is 9.66. The molecule has 0 bridgehead atoms. The fourth-order valence-electron chi connectivity index (χ4n) is 3.60. The molecule has 1 saturated heterocycles. The Labute approximate surface area is 174 Å². The number of benzene rings is 2. The van der Waals surface area contributed by atoms with Crippen molar-refractivity contribution >= 4 is 27.5 Å². The fraction of sp³-hybridized carbons (Fsp3) is 0.350. The molecule has 1 fully saturated rings. The summed E-state index contributed by atoms with van der Waals surface area (Å²) in [5.74, 6) is -0.513. The van der Waals surface area contributed by atoms with Crippen molar-refractivity contribution in [1.82, 2.24) is 4.31 Å². The Bertz CT molecular complexity index is 984. The van der Waals surface area contributed by atoms with Gasteiger partial charge in [-0.1, -0.05) is 17.7 Å². The zero-order chi connectivity index (χ0) is 21.1. The highest BCUT2D eigenvalue weighted by molar-refractivity contribution is 7.89. The number of nitrogens with zero attached hydrogens (tertiary/aromatic N) is 1. The van der Waals surface area contributed by atoms with Crippen molar-refractivity contribution in [3.8, 4) is 5.75 Å². The molecule has 2 aromatic carbocycles. The van der Waals surface area contributed by atoms with E-state index in [0.29, 0.717) is 30.2 Å². The molecule has 0 radical (unpaired) electrons. The summed E-state index contributed by atoms with van der Waals surface area (Å²) in [7, 11) is -3.84. The SMILES string of the molecule is NC(=O)C[C@]1(COc2cccc(Cl)c2)CCCN(S(=O)(=O)c2ccc(F)cc2)C1. The highest BCUT2D eigenvalue weighted by Gasteiger charge is 2.42. The molecule has 0 aromatic heterocycles. The lowest BCUT2D eigenvalue weighted by Gasteiger charge is -2.41. The van der Waals surface area contributed by atoms with Gasteiger partial charge in [-0.05, 0) is 55.3 Å². The lowest BCUT2D eigenvalue weighted by molar-refractivity contribution is -0.121. The Balaban J connectivity index is 1.83. The van der Waals surface area contributed by atoms with Crippen molar-refractivity contribution in [2.75, 3.05) is 19.7 Å². The number of hydrogen-bond acceptors (Lipinski definition) is 4. The summed E-state index contributed by atoms with van der Waals surface area (Å²) >= 11 is 5.98. The van der Waals surface area contributed by atoms with Gasteiger partial charge < -0.3 is 10.5 Å². The Hall–Kier alpha value is -2.16. The number of rotatable bonds is 7. The molecular formula is C20H22ClFN2O4S. The minimum Gasteiger partial charge on any atom is -0.493 e. The molecule has 156 valence electrons. The first kappa shape index (κ1) is 21.5. The van der Waals surface area contributed by atoms with Crippen LogP contribution in [0.4, 0.5) is 4.39 Å². The van der Waals surface area contributed by atoms with Crippen molar-refractivity contribution in [1.29, 1.82) is 0 Å². The molecule has 0 spiro atoms. The number of halogens is 2. The maximum absolute atomic E-state index is 13.2. The van der Waals surface area contributed by atoms with Crippen LogP contribution in [0.3, 0.4) is 0 Å². The Morgan fingerprint density at radius 1 is 1.24 bits per heavy atom. The van der Waals surface area contributed by atoms with Crippen molar-refractivity contribution < 1.29 is 22.3 Å². The van der Waals surface area contributed by atoms with E-state index in [2.05, 4.69) is 0 Å². The summed E-state index contributed by atoms with van der Waals surface area (Å²) in [6.45, 7) is 0.499. The van der Waals surface area contributed by atoms with Crippen LogP contribution >= 0.6 is 11.6 Å². The number of amides is 1. The Morgan fingerprint density at radius 3 is 2.62 bits per heavy atom. The van der Waals surface area contributed by atoms with Crippen molar-refractivity contribution in [3.05, 3.63) is 59.4 Å². The topological polar surface area (TPSA) is 89.7 Å². The van der Waals surface area contributed by atoms with Crippen LogP contribution in [0, 0.1) is 11.2 Å². The van der Waals surface area contributed by atoms with E-state index in [1.807, 2.05) is 0 Å². The molecule has 1 aliphatic heterocycles. The summed E-state index contributed by atoms with van der Waals surface area (Å²) in [6.07, 6.45) is 1.13. The Kier molecular flexibility index (Phi) is 6.45. The van der Waals surface area contributed by atoms with Gasteiger partial charge in [0.25, 0.3) is 0 Å². The van der Waals surface area contributed by atoms with Crippen LogP contribution in [0.15, 0.2) is 53.4 Å². The molecule has 29 heavy (non-hydrogen) atoms. The average Bonchev–Trinajstić information content (AvgIpc) is 2.67. The summed E-state index contributed by atoms with van der Waals surface area (Å²) in [4.78, 5) is 11.7. The quantitative estimate of drug-likeness (QED) is 0.715. The number of piperidine rings is 1. The predicted molar refractivity (Wildman–Crippen MR) is 108 cm³/mol. The maximum atomic E-state index is 13.2. The molecule has 3 rings (SSSR count). The molecule has 1 atom stereocenters. The fourth-order valence-corrected chi connectivity index (χ4v) is 5.37. The van der Waals surface area contributed by atoms with Gasteiger partial charge in [0.2, 0.25) is 15.9 Å². The lowest BCUT2D eigenvalue weighted by Crippen LogP contribution is -2.50. The van der Waals surface area contributed by atoms with Crippen molar-refractivity contribution in [2.45, 2.75) is 24.2 Å². The third kappa shape index (κ3) is 5.26. The number of hydrogen-bond donors (Lipinski definition) is 1. The standard InChI is InChI=1S/C20H22ClFN2O4S/c21-15-3-1-4-17(11-15)28-14-20(12-19(23)25)9-2-10-24(13-20)29(26,27)18-7-5-16(22)6-8-18/h1,3-8,11H,2,9-10,12-14H2,(H2,23,25)/t20-/m1/s1. The third-order valence-corrected chi connectivity index (χ3v) is 7.06. The van der Waals surface area contributed by atoms with Crippen LogP contribution in [0.5, 0.6) is 5.75 Å². The molecule has 6 nitrogen and oxygen atoms in total. The van der Waals surface area contributed by atoms with Crippen LogP contribution in [0.1, 0.15) is 19.3 Å². The van der Waals surface area contributed by atoms with Crippen molar-refractivity contribution in [3.63, 3.8) is 0 Å². The van der Waals surface area contributed by atoms with E-state index < -0.39 is 27.2 Å². The molecule has 2 N–H and O–H groups in total. The second kappa shape index (κ2) is 8.69. The van der Waals surface area contributed by atoms with Crippen LogP contribution in [0.2, 0.25) is 5.02 Å². The van der Waals surface area contributed by atoms with Crippen molar-refractivity contribution in [2.24, 2.45) is 11.1 Å². The van der Waals surface area contributed by atoms with Gasteiger partial charge in [-0.25, -0.2) is 12.8 Å². The number of carbonyl (C=O) groups excluding carboxylic acids is 1. The van der Waals surface area contributed by atoms with Gasteiger partial charge in [-0.3, -0.25) is 4.79 Å². The first-order valence-electron chi connectivity index (χ1n) is 9.13. The molecule has 0 saturated carbocycles. The number of carbonyl (C=O) groups is 1.